The van der Waals surface area contributed by atoms with Gasteiger partial charge in [-0.05, 0) is 53.1 Å². The highest BCUT2D eigenvalue weighted by atomic mass is 35.5. The smallest absolute Gasteiger partial charge is 0.308 e. The molecule has 0 saturated heterocycles. The van der Waals surface area contributed by atoms with E-state index < -0.39 is 6.03 Å². The number of hydrogen-bond donors (Lipinski definition) is 2. The van der Waals surface area contributed by atoms with E-state index in [9.17, 15) is 9.59 Å². The lowest BCUT2D eigenvalue weighted by Gasteiger charge is -2.25. The van der Waals surface area contributed by atoms with E-state index in [4.69, 9.17) is 11.6 Å². The predicted octanol–water partition coefficient (Wildman–Crippen LogP) is 5.98. The number of anilines is 2. The molecule has 1 aliphatic carbocycles. The molecule has 7 heteroatoms. The molecule has 0 radical (unpaired) electrons. The minimum atomic E-state index is -0.469. The third-order valence-electron chi connectivity index (χ3n) is 5.62. The number of Topliss-reactive ketones (excluding diaryl/α,β-unsaturated/α-hetero) is 1. The molecule has 2 amide bonds. The van der Waals surface area contributed by atoms with Crippen molar-refractivity contribution in [3.63, 3.8) is 0 Å². The molecular formula is C25H25ClN4O2. The molecule has 0 saturated carbocycles. The number of carbonyl (C=O) groups excluding carboxylic acids is 2. The fourth-order valence-corrected chi connectivity index (χ4v) is 3.92. The maximum absolute atomic E-state index is 12.7. The zero-order valence-corrected chi connectivity index (χ0v) is 19.0. The average molecular weight is 449 g/mol. The molecule has 32 heavy (non-hydrogen) atoms. The van der Waals surface area contributed by atoms with Gasteiger partial charge < -0.3 is 5.32 Å². The van der Waals surface area contributed by atoms with Crippen molar-refractivity contribution in [2.75, 3.05) is 10.6 Å². The number of fused-ring (bicyclic) bond motifs is 1. The minimum absolute atomic E-state index is 0.0216. The van der Waals surface area contributed by atoms with Gasteiger partial charge in [0, 0.05) is 23.3 Å². The van der Waals surface area contributed by atoms with E-state index in [0.29, 0.717) is 34.8 Å². The Morgan fingerprint density at radius 2 is 1.69 bits per heavy atom. The third-order valence-corrected chi connectivity index (χ3v) is 5.87. The molecule has 1 atom stereocenters. The molecular weight excluding hydrogens is 424 g/mol. The van der Waals surface area contributed by atoms with Crippen molar-refractivity contribution in [1.29, 1.82) is 0 Å². The van der Waals surface area contributed by atoms with E-state index >= 15 is 0 Å². The van der Waals surface area contributed by atoms with Crippen LogP contribution in [0.3, 0.4) is 0 Å². The van der Waals surface area contributed by atoms with Gasteiger partial charge in [-0.15, -0.1) is 0 Å². The summed E-state index contributed by atoms with van der Waals surface area (Å²) in [6.45, 7) is 6.53. The van der Waals surface area contributed by atoms with Crippen molar-refractivity contribution in [3.8, 4) is 0 Å². The van der Waals surface area contributed by atoms with E-state index in [0.717, 1.165) is 5.56 Å². The first-order valence-corrected chi connectivity index (χ1v) is 10.9. The first-order chi connectivity index (χ1) is 15.2. The minimum Gasteiger partial charge on any atom is -0.308 e. The molecule has 1 aliphatic rings. The van der Waals surface area contributed by atoms with Crippen molar-refractivity contribution >= 4 is 35.1 Å². The van der Waals surface area contributed by atoms with Gasteiger partial charge in [0.25, 0.3) is 0 Å². The van der Waals surface area contributed by atoms with Gasteiger partial charge in [0.15, 0.2) is 5.78 Å². The lowest BCUT2D eigenvalue weighted by molar-refractivity contribution is 0.0962. The molecule has 4 rings (SSSR count). The Morgan fingerprint density at radius 3 is 2.34 bits per heavy atom. The largest absolute Gasteiger partial charge is 0.326 e. The van der Waals surface area contributed by atoms with Gasteiger partial charge in [-0.1, -0.05) is 56.6 Å². The zero-order valence-electron chi connectivity index (χ0n) is 18.3. The molecule has 0 bridgehead atoms. The standard InChI is InChI=1S/C25H25ClN4O2/c1-25(2,3)17-6-4-15(5-7-17)16-12-21-20(22(31)13-16)14-27-23(29-21)30-24(32)28-19-10-8-18(26)9-11-19/h4-11,14,16H,12-13H2,1-3H3,(H2,27,28,29,30,32)/t16-/m0/s1. The molecule has 0 fully saturated rings. The summed E-state index contributed by atoms with van der Waals surface area (Å²) in [7, 11) is 0. The highest BCUT2D eigenvalue weighted by Crippen LogP contribution is 2.33. The predicted molar refractivity (Wildman–Crippen MR) is 127 cm³/mol. The number of halogens is 1. The van der Waals surface area contributed by atoms with Crippen LogP contribution < -0.4 is 10.6 Å². The number of aromatic nitrogens is 2. The van der Waals surface area contributed by atoms with Gasteiger partial charge in [-0.3, -0.25) is 10.1 Å². The number of ketones is 1. The summed E-state index contributed by atoms with van der Waals surface area (Å²) in [5, 5.41) is 5.92. The number of hydrogen-bond acceptors (Lipinski definition) is 4. The van der Waals surface area contributed by atoms with Crippen molar-refractivity contribution in [1.82, 2.24) is 9.97 Å². The van der Waals surface area contributed by atoms with E-state index in [-0.39, 0.29) is 23.1 Å². The Balaban J connectivity index is 1.48. The maximum Gasteiger partial charge on any atom is 0.326 e. The van der Waals surface area contributed by atoms with E-state index in [2.05, 4.69) is 65.6 Å². The molecule has 2 aromatic carbocycles. The van der Waals surface area contributed by atoms with Crippen LogP contribution in [0, 0.1) is 0 Å². The second-order valence-corrected chi connectivity index (χ2v) is 9.48. The summed E-state index contributed by atoms with van der Waals surface area (Å²) in [5.41, 5.74) is 4.22. The Kier molecular flexibility index (Phi) is 5.98. The monoisotopic (exact) mass is 448 g/mol. The van der Waals surface area contributed by atoms with Crippen LogP contribution in [0.15, 0.2) is 54.7 Å². The van der Waals surface area contributed by atoms with E-state index in [1.807, 2.05) is 0 Å². The van der Waals surface area contributed by atoms with E-state index in [1.165, 1.54) is 11.8 Å². The highest BCUT2D eigenvalue weighted by Gasteiger charge is 2.28. The number of benzene rings is 2. The lowest BCUT2D eigenvalue weighted by atomic mass is 9.80. The number of urea groups is 1. The van der Waals surface area contributed by atoms with Crippen molar-refractivity contribution in [2.24, 2.45) is 0 Å². The topological polar surface area (TPSA) is 84.0 Å². The van der Waals surface area contributed by atoms with Gasteiger partial charge in [0.05, 0.1) is 11.3 Å². The molecule has 2 N–H and O–H groups in total. The zero-order chi connectivity index (χ0) is 22.9. The van der Waals surface area contributed by atoms with Crippen LogP contribution in [0.5, 0.6) is 0 Å². The van der Waals surface area contributed by atoms with Gasteiger partial charge in [-0.2, -0.15) is 0 Å². The number of amides is 2. The molecule has 0 unspecified atom stereocenters. The van der Waals surface area contributed by atoms with E-state index in [1.54, 1.807) is 24.3 Å². The Bertz CT molecular complexity index is 1150. The van der Waals surface area contributed by atoms with Crippen LogP contribution in [0.2, 0.25) is 5.02 Å². The molecule has 3 aromatic rings. The summed E-state index contributed by atoms with van der Waals surface area (Å²) < 4.78 is 0. The average Bonchev–Trinajstić information content (AvgIpc) is 2.74. The number of rotatable bonds is 3. The number of carbonyl (C=O) groups is 2. The quantitative estimate of drug-likeness (QED) is 0.515. The van der Waals surface area contributed by atoms with Crippen LogP contribution >= 0.6 is 11.6 Å². The van der Waals surface area contributed by atoms with Crippen LogP contribution in [-0.4, -0.2) is 21.8 Å². The number of nitrogens with one attached hydrogen (secondary N) is 2. The summed E-state index contributed by atoms with van der Waals surface area (Å²) in [6, 6.07) is 14.8. The van der Waals surface area contributed by atoms with Crippen LogP contribution in [0.25, 0.3) is 0 Å². The number of nitrogens with zero attached hydrogens (tertiary/aromatic N) is 2. The molecule has 1 aromatic heterocycles. The van der Waals surface area contributed by atoms with Gasteiger partial charge in [0.2, 0.25) is 5.95 Å². The maximum atomic E-state index is 12.7. The fraction of sp³-hybridized carbons (Fsp3) is 0.280. The Hall–Kier alpha value is -3.25. The normalized spacial score (nSPS) is 15.8. The van der Waals surface area contributed by atoms with Gasteiger partial charge in [-0.25, -0.2) is 14.8 Å². The van der Waals surface area contributed by atoms with Crippen LogP contribution in [0.1, 0.15) is 60.3 Å². The summed E-state index contributed by atoms with van der Waals surface area (Å²) in [6.07, 6.45) is 2.54. The molecule has 0 aliphatic heterocycles. The second kappa shape index (κ2) is 8.71. The third kappa shape index (κ3) is 4.97. The van der Waals surface area contributed by atoms with Crippen molar-refractivity contribution < 1.29 is 9.59 Å². The molecule has 1 heterocycles. The Morgan fingerprint density at radius 1 is 1.00 bits per heavy atom. The van der Waals surface area contributed by atoms with Crippen molar-refractivity contribution in [3.05, 3.63) is 82.1 Å². The molecule has 6 nitrogen and oxygen atoms in total. The summed E-state index contributed by atoms with van der Waals surface area (Å²) in [4.78, 5) is 33.6. The van der Waals surface area contributed by atoms with Crippen molar-refractivity contribution in [2.45, 2.75) is 44.9 Å². The fourth-order valence-electron chi connectivity index (χ4n) is 3.79. The summed E-state index contributed by atoms with van der Waals surface area (Å²) in [5.74, 6) is 0.231. The Labute approximate surface area is 192 Å². The first-order valence-electron chi connectivity index (χ1n) is 10.5. The SMILES string of the molecule is CC(C)(C)c1ccc([C@@H]2CC(=O)c3cnc(NC(=O)Nc4ccc(Cl)cc4)nc3C2)cc1. The first kappa shape index (κ1) is 22.0. The van der Waals surface area contributed by atoms with Crippen LogP contribution in [0.4, 0.5) is 16.4 Å². The highest BCUT2D eigenvalue weighted by molar-refractivity contribution is 6.30. The van der Waals surface area contributed by atoms with Gasteiger partial charge >= 0.3 is 6.03 Å². The van der Waals surface area contributed by atoms with Crippen LogP contribution in [-0.2, 0) is 11.8 Å². The summed E-state index contributed by atoms with van der Waals surface area (Å²) >= 11 is 5.86. The second-order valence-electron chi connectivity index (χ2n) is 9.04. The molecule has 0 spiro atoms. The van der Waals surface area contributed by atoms with Gasteiger partial charge in [0.1, 0.15) is 0 Å². The lowest BCUT2D eigenvalue weighted by Crippen LogP contribution is -2.24. The molecule has 164 valence electrons.